The number of hydrogen-bond acceptors (Lipinski definition) is 0. The zero-order chi connectivity index (χ0) is 11.7. The van der Waals surface area contributed by atoms with Crippen LogP contribution in [0.3, 0.4) is 0 Å². The zero-order valence-electron chi connectivity index (χ0n) is 9.85. The Hall–Kier alpha value is -2.02. The Labute approximate surface area is 102 Å². The Morgan fingerprint density at radius 1 is 0.647 bits per heavy atom. The molecule has 80 valence electrons. The number of hydrogen-bond donors (Lipinski definition) is 0. The van der Waals surface area contributed by atoms with Crippen molar-refractivity contribution in [1.29, 1.82) is 0 Å². The molecular formula is C16H13B. The zero-order valence-corrected chi connectivity index (χ0v) is 9.85. The van der Waals surface area contributed by atoms with Gasteiger partial charge in [-0.2, -0.15) is 0 Å². The number of fused-ring (bicyclic) bond motifs is 1. The maximum absolute atomic E-state index is 2.20. The normalized spacial score (nSPS) is 10.6. The van der Waals surface area contributed by atoms with Gasteiger partial charge in [-0.3, -0.25) is 0 Å². The van der Waals surface area contributed by atoms with E-state index in [-0.39, 0.29) is 0 Å². The van der Waals surface area contributed by atoms with Gasteiger partial charge in [-0.1, -0.05) is 72.2 Å². The van der Waals surface area contributed by atoms with Crippen molar-refractivity contribution in [1.82, 2.24) is 0 Å². The highest BCUT2D eigenvalue weighted by Gasteiger charge is 2.04. The summed E-state index contributed by atoms with van der Waals surface area (Å²) in [6.45, 7) is 0. The highest BCUT2D eigenvalue weighted by atomic mass is 14.1. The van der Waals surface area contributed by atoms with Crippen LogP contribution >= 0.6 is 0 Å². The molecule has 3 aromatic carbocycles. The SMILES string of the molecule is Bc1cccc2cccc(-c3ccccc3)c12. The lowest BCUT2D eigenvalue weighted by Crippen LogP contribution is -2.04. The first kappa shape index (κ1) is 10.2. The third-order valence-electron chi connectivity index (χ3n) is 3.20. The van der Waals surface area contributed by atoms with E-state index < -0.39 is 0 Å². The molecule has 17 heavy (non-hydrogen) atoms. The molecule has 0 fully saturated rings. The summed E-state index contributed by atoms with van der Waals surface area (Å²) in [7, 11) is 2.18. The van der Waals surface area contributed by atoms with Crippen molar-refractivity contribution in [3.8, 4) is 11.1 Å². The Balaban J connectivity index is 2.38. The van der Waals surface area contributed by atoms with E-state index in [1.807, 2.05) is 0 Å². The first-order chi connectivity index (χ1) is 8.36. The van der Waals surface area contributed by atoms with Crippen molar-refractivity contribution < 1.29 is 0 Å². The van der Waals surface area contributed by atoms with Crippen LogP contribution in [-0.2, 0) is 0 Å². The van der Waals surface area contributed by atoms with E-state index in [0.717, 1.165) is 0 Å². The van der Waals surface area contributed by atoms with E-state index in [1.54, 1.807) is 0 Å². The summed E-state index contributed by atoms with van der Waals surface area (Å²) in [6, 6.07) is 23.5. The van der Waals surface area contributed by atoms with Gasteiger partial charge in [-0.05, 0) is 21.9 Å². The molecule has 0 atom stereocenters. The second-order valence-electron chi connectivity index (χ2n) is 4.34. The molecule has 0 spiro atoms. The van der Waals surface area contributed by atoms with Crippen molar-refractivity contribution in [2.75, 3.05) is 0 Å². The van der Waals surface area contributed by atoms with E-state index in [0.29, 0.717) is 0 Å². The molecule has 0 aromatic heterocycles. The highest BCUT2D eigenvalue weighted by Crippen LogP contribution is 2.26. The minimum atomic E-state index is 1.28. The standard InChI is InChI=1S/C16H13B/c17-15-11-5-9-13-8-4-10-14(16(13)15)12-6-2-1-3-7-12/h1-11H,17H2. The van der Waals surface area contributed by atoms with E-state index >= 15 is 0 Å². The van der Waals surface area contributed by atoms with Crippen LogP contribution in [0.15, 0.2) is 66.7 Å². The van der Waals surface area contributed by atoms with Crippen LogP contribution in [0.2, 0.25) is 0 Å². The van der Waals surface area contributed by atoms with Crippen LogP contribution < -0.4 is 5.46 Å². The second-order valence-corrected chi connectivity index (χ2v) is 4.34. The van der Waals surface area contributed by atoms with Crippen LogP contribution in [0.5, 0.6) is 0 Å². The van der Waals surface area contributed by atoms with Gasteiger partial charge in [0.15, 0.2) is 0 Å². The van der Waals surface area contributed by atoms with Crippen LogP contribution in [0.4, 0.5) is 0 Å². The van der Waals surface area contributed by atoms with Crippen LogP contribution in [0.1, 0.15) is 0 Å². The van der Waals surface area contributed by atoms with Crippen LogP contribution in [0, 0.1) is 0 Å². The molecule has 0 heterocycles. The van der Waals surface area contributed by atoms with Crippen LogP contribution in [0.25, 0.3) is 21.9 Å². The average Bonchev–Trinajstić information content (AvgIpc) is 2.39. The Morgan fingerprint density at radius 3 is 2.12 bits per heavy atom. The first-order valence-corrected chi connectivity index (χ1v) is 5.90. The van der Waals surface area contributed by atoms with Crippen molar-refractivity contribution in [3.63, 3.8) is 0 Å². The molecule has 0 unspecified atom stereocenters. The minimum Gasteiger partial charge on any atom is -0.0807 e. The largest absolute Gasteiger partial charge is 0.140 e. The van der Waals surface area contributed by atoms with Crippen molar-refractivity contribution >= 4 is 24.1 Å². The van der Waals surface area contributed by atoms with E-state index in [9.17, 15) is 0 Å². The number of rotatable bonds is 1. The van der Waals surface area contributed by atoms with Crippen molar-refractivity contribution in [2.24, 2.45) is 0 Å². The molecule has 0 saturated carbocycles. The first-order valence-electron chi connectivity index (χ1n) is 5.90. The van der Waals surface area contributed by atoms with E-state index in [1.165, 1.54) is 27.4 Å². The molecule has 0 aliphatic heterocycles. The summed E-state index contributed by atoms with van der Waals surface area (Å²) in [5.41, 5.74) is 3.94. The smallest absolute Gasteiger partial charge is 0.0807 e. The molecule has 0 aliphatic rings. The van der Waals surface area contributed by atoms with E-state index in [4.69, 9.17) is 0 Å². The van der Waals surface area contributed by atoms with Gasteiger partial charge >= 0.3 is 0 Å². The maximum Gasteiger partial charge on any atom is 0.140 e. The third kappa shape index (κ3) is 1.74. The third-order valence-corrected chi connectivity index (χ3v) is 3.20. The van der Waals surface area contributed by atoms with Crippen molar-refractivity contribution in [2.45, 2.75) is 0 Å². The molecule has 0 amide bonds. The molecule has 0 nitrogen and oxygen atoms in total. The van der Waals surface area contributed by atoms with Gasteiger partial charge in [0.05, 0.1) is 0 Å². The maximum atomic E-state index is 2.20. The quantitative estimate of drug-likeness (QED) is 0.548. The molecule has 1 heteroatoms. The van der Waals surface area contributed by atoms with Gasteiger partial charge in [0, 0.05) is 0 Å². The topological polar surface area (TPSA) is 0 Å². The Morgan fingerprint density at radius 2 is 1.35 bits per heavy atom. The van der Waals surface area contributed by atoms with Gasteiger partial charge in [0.2, 0.25) is 0 Å². The lowest BCUT2D eigenvalue weighted by atomic mass is 9.86. The monoisotopic (exact) mass is 216 g/mol. The lowest BCUT2D eigenvalue weighted by Gasteiger charge is -2.09. The predicted octanol–water partition coefficient (Wildman–Crippen LogP) is 2.77. The predicted molar refractivity (Wildman–Crippen MR) is 77.6 cm³/mol. The Kier molecular flexibility index (Phi) is 2.45. The van der Waals surface area contributed by atoms with Gasteiger partial charge in [0.25, 0.3) is 0 Å². The van der Waals surface area contributed by atoms with Gasteiger partial charge in [-0.15, -0.1) is 0 Å². The molecular weight excluding hydrogens is 203 g/mol. The second kappa shape index (κ2) is 4.10. The van der Waals surface area contributed by atoms with Gasteiger partial charge < -0.3 is 0 Å². The summed E-state index contributed by atoms with van der Waals surface area (Å²) >= 11 is 0. The summed E-state index contributed by atoms with van der Waals surface area (Å²) in [5, 5.41) is 2.67. The Bertz CT molecular complexity index is 651. The fourth-order valence-electron chi connectivity index (χ4n) is 2.39. The summed E-state index contributed by atoms with van der Waals surface area (Å²) in [4.78, 5) is 0. The van der Waals surface area contributed by atoms with Crippen LogP contribution in [-0.4, -0.2) is 7.85 Å². The van der Waals surface area contributed by atoms with Crippen molar-refractivity contribution in [3.05, 3.63) is 66.7 Å². The molecule has 0 saturated heterocycles. The molecule has 3 rings (SSSR count). The average molecular weight is 216 g/mol. The number of benzene rings is 3. The summed E-state index contributed by atoms with van der Waals surface area (Å²) in [5.74, 6) is 0. The molecule has 0 N–H and O–H groups in total. The summed E-state index contributed by atoms with van der Waals surface area (Å²) < 4.78 is 0. The lowest BCUT2D eigenvalue weighted by molar-refractivity contribution is 1.66. The van der Waals surface area contributed by atoms with Gasteiger partial charge in [0.1, 0.15) is 7.85 Å². The molecule has 0 aliphatic carbocycles. The fraction of sp³-hybridized carbons (Fsp3) is 0. The fourth-order valence-corrected chi connectivity index (χ4v) is 2.39. The van der Waals surface area contributed by atoms with Gasteiger partial charge in [-0.25, -0.2) is 0 Å². The minimum absolute atomic E-state index is 1.28. The highest BCUT2D eigenvalue weighted by molar-refractivity contribution is 6.40. The molecule has 0 radical (unpaired) electrons. The summed E-state index contributed by atoms with van der Waals surface area (Å²) in [6.07, 6.45) is 0. The molecule has 3 aromatic rings. The van der Waals surface area contributed by atoms with E-state index in [2.05, 4.69) is 74.6 Å². The molecule has 0 bridgehead atoms.